The topological polar surface area (TPSA) is 97.5 Å². The quantitative estimate of drug-likeness (QED) is 0.822. The molecule has 6 nitrogen and oxygen atoms in total. The number of aromatic nitrogens is 1. The highest BCUT2D eigenvalue weighted by molar-refractivity contribution is 7.91. The van der Waals surface area contributed by atoms with Crippen molar-refractivity contribution in [1.29, 1.82) is 0 Å². The maximum atomic E-state index is 11.4. The first-order chi connectivity index (χ1) is 7.49. The summed E-state index contributed by atoms with van der Waals surface area (Å²) in [5, 5.41) is 12.2. The lowest BCUT2D eigenvalue weighted by Crippen LogP contribution is -2.24. The number of carboxylic acids is 1. The summed E-state index contributed by atoms with van der Waals surface area (Å²) >= 11 is 0. The summed E-state index contributed by atoms with van der Waals surface area (Å²) in [5.74, 6) is -1.61. The van der Waals surface area contributed by atoms with Gasteiger partial charge in [-0.3, -0.25) is 0 Å². The average molecular weight is 245 g/mol. The fourth-order valence-corrected chi connectivity index (χ4v) is 3.70. The van der Waals surface area contributed by atoms with Gasteiger partial charge >= 0.3 is 5.97 Å². The van der Waals surface area contributed by atoms with Gasteiger partial charge in [-0.05, 0) is 12.8 Å². The van der Waals surface area contributed by atoms with Crippen molar-refractivity contribution in [2.45, 2.75) is 18.8 Å². The zero-order chi connectivity index (χ0) is 11.8. The zero-order valence-corrected chi connectivity index (χ0v) is 9.24. The third-order valence-electron chi connectivity index (χ3n) is 2.70. The molecule has 1 N–H and O–H groups in total. The smallest absolute Gasteiger partial charge is 0.375 e. The van der Waals surface area contributed by atoms with E-state index in [1.165, 1.54) is 6.20 Å². The van der Waals surface area contributed by atoms with Crippen LogP contribution in [0.5, 0.6) is 0 Å². The minimum atomic E-state index is -3.06. The van der Waals surface area contributed by atoms with Crippen LogP contribution in [0.3, 0.4) is 0 Å². The molecule has 1 atom stereocenters. The van der Waals surface area contributed by atoms with E-state index in [1.807, 2.05) is 0 Å². The van der Waals surface area contributed by atoms with E-state index in [9.17, 15) is 13.2 Å². The SMILES string of the molecule is O=C(O)c1oncc1C1CCCS(=O)(=O)C1. The lowest BCUT2D eigenvalue weighted by atomic mass is 9.97. The Morgan fingerprint density at radius 2 is 2.31 bits per heavy atom. The van der Waals surface area contributed by atoms with Crippen molar-refractivity contribution in [2.24, 2.45) is 0 Å². The van der Waals surface area contributed by atoms with Gasteiger partial charge in [-0.15, -0.1) is 0 Å². The summed E-state index contributed by atoms with van der Waals surface area (Å²) in [6, 6.07) is 0. The van der Waals surface area contributed by atoms with Crippen molar-refractivity contribution in [3.05, 3.63) is 17.5 Å². The molecule has 2 rings (SSSR count). The molecular formula is C9H11NO5S. The van der Waals surface area contributed by atoms with Crippen LogP contribution < -0.4 is 0 Å². The van der Waals surface area contributed by atoms with Gasteiger partial charge in [0.25, 0.3) is 0 Å². The maximum absolute atomic E-state index is 11.4. The van der Waals surface area contributed by atoms with Gasteiger partial charge in [0.15, 0.2) is 9.84 Å². The molecule has 7 heteroatoms. The predicted molar refractivity (Wildman–Crippen MR) is 54.1 cm³/mol. The normalized spacial score (nSPS) is 24.1. The third-order valence-corrected chi connectivity index (χ3v) is 4.52. The van der Waals surface area contributed by atoms with Gasteiger partial charge < -0.3 is 9.63 Å². The van der Waals surface area contributed by atoms with E-state index < -0.39 is 15.8 Å². The molecule has 0 aliphatic carbocycles. The van der Waals surface area contributed by atoms with Crippen LogP contribution in [0.4, 0.5) is 0 Å². The molecule has 0 amide bonds. The molecule has 0 radical (unpaired) electrons. The standard InChI is InChI=1S/C9H11NO5S/c11-9(12)8-7(4-10-15-8)6-2-1-3-16(13,14)5-6/h4,6H,1-3,5H2,(H,11,12). The summed E-state index contributed by atoms with van der Waals surface area (Å²) in [6.45, 7) is 0. The predicted octanol–water partition coefficient (Wildman–Crippen LogP) is 0.665. The van der Waals surface area contributed by atoms with Crippen molar-refractivity contribution in [2.75, 3.05) is 11.5 Å². The molecule has 1 fully saturated rings. The molecule has 1 aliphatic heterocycles. The summed E-state index contributed by atoms with van der Waals surface area (Å²) in [6.07, 6.45) is 2.51. The second-order valence-electron chi connectivity index (χ2n) is 3.87. The Hall–Kier alpha value is -1.37. The largest absolute Gasteiger partial charge is 0.475 e. The van der Waals surface area contributed by atoms with Crippen LogP contribution in [-0.2, 0) is 9.84 Å². The van der Waals surface area contributed by atoms with Crippen LogP contribution >= 0.6 is 0 Å². The first kappa shape index (κ1) is 11.1. The van der Waals surface area contributed by atoms with Crippen LogP contribution in [0.15, 0.2) is 10.7 Å². The molecule has 0 spiro atoms. The van der Waals surface area contributed by atoms with Gasteiger partial charge in [0.05, 0.1) is 17.7 Å². The Kier molecular flexibility index (Phi) is 2.71. The van der Waals surface area contributed by atoms with Crippen LogP contribution in [-0.4, -0.2) is 36.2 Å². The van der Waals surface area contributed by atoms with E-state index >= 15 is 0 Å². The molecule has 16 heavy (non-hydrogen) atoms. The van der Waals surface area contributed by atoms with Crippen molar-refractivity contribution in [3.8, 4) is 0 Å². The van der Waals surface area contributed by atoms with Gasteiger partial charge in [-0.2, -0.15) is 0 Å². The van der Waals surface area contributed by atoms with E-state index in [0.29, 0.717) is 18.4 Å². The van der Waals surface area contributed by atoms with E-state index in [2.05, 4.69) is 9.68 Å². The first-order valence-corrected chi connectivity index (χ1v) is 6.70. The second-order valence-corrected chi connectivity index (χ2v) is 6.10. The maximum Gasteiger partial charge on any atom is 0.375 e. The van der Waals surface area contributed by atoms with Crippen molar-refractivity contribution >= 4 is 15.8 Å². The Morgan fingerprint density at radius 1 is 1.56 bits per heavy atom. The Bertz CT molecular complexity index is 504. The Labute approximate surface area is 92.2 Å². The molecule has 1 saturated heterocycles. The zero-order valence-electron chi connectivity index (χ0n) is 8.42. The first-order valence-electron chi connectivity index (χ1n) is 4.88. The minimum Gasteiger partial charge on any atom is -0.475 e. The van der Waals surface area contributed by atoms with E-state index in [0.717, 1.165) is 0 Å². The fourth-order valence-electron chi connectivity index (χ4n) is 1.97. The van der Waals surface area contributed by atoms with Crippen LogP contribution in [0.1, 0.15) is 34.9 Å². The van der Waals surface area contributed by atoms with Gasteiger partial charge in [0.1, 0.15) is 0 Å². The van der Waals surface area contributed by atoms with Crippen molar-refractivity contribution in [1.82, 2.24) is 5.16 Å². The molecule has 0 bridgehead atoms. The number of sulfone groups is 1. The number of carbonyl (C=O) groups is 1. The van der Waals surface area contributed by atoms with Gasteiger partial charge in [-0.25, -0.2) is 13.2 Å². The number of aromatic carboxylic acids is 1. The number of nitrogens with zero attached hydrogens (tertiary/aromatic N) is 1. The highest BCUT2D eigenvalue weighted by Gasteiger charge is 2.31. The highest BCUT2D eigenvalue weighted by Crippen LogP contribution is 2.30. The number of hydrogen-bond acceptors (Lipinski definition) is 5. The molecule has 0 aromatic carbocycles. The van der Waals surface area contributed by atoms with Crippen LogP contribution in [0.25, 0.3) is 0 Å². The van der Waals surface area contributed by atoms with Gasteiger partial charge in [0, 0.05) is 11.5 Å². The number of carboxylic acid groups (broad SMARTS) is 1. The molecular weight excluding hydrogens is 234 g/mol. The highest BCUT2D eigenvalue weighted by atomic mass is 32.2. The minimum absolute atomic E-state index is 0.0194. The van der Waals surface area contributed by atoms with Gasteiger partial charge in [-0.1, -0.05) is 5.16 Å². The monoisotopic (exact) mass is 245 g/mol. The summed E-state index contributed by atoms with van der Waals surface area (Å²) in [4.78, 5) is 10.8. The lowest BCUT2D eigenvalue weighted by Gasteiger charge is -2.20. The van der Waals surface area contributed by atoms with E-state index in [1.54, 1.807) is 0 Å². The molecule has 1 aliphatic rings. The second kappa shape index (κ2) is 3.89. The van der Waals surface area contributed by atoms with Crippen molar-refractivity contribution in [3.63, 3.8) is 0 Å². The molecule has 88 valence electrons. The fraction of sp³-hybridized carbons (Fsp3) is 0.556. The number of hydrogen-bond donors (Lipinski definition) is 1. The summed E-state index contributed by atoms with van der Waals surface area (Å²) in [7, 11) is -3.06. The average Bonchev–Trinajstić information content (AvgIpc) is 2.64. The lowest BCUT2D eigenvalue weighted by molar-refractivity contribution is 0.0649. The Balaban J connectivity index is 2.30. The summed E-state index contributed by atoms with van der Waals surface area (Å²) in [5.41, 5.74) is 0.385. The third kappa shape index (κ3) is 2.08. The molecule has 0 saturated carbocycles. The van der Waals surface area contributed by atoms with E-state index in [4.69, 9.17) is 5.11 Å². The van der Waals surface area contributed by atoms with Crippen molar-refractivity contribution < 1.29 is 22.8 Å². The Morgan fingerprint density at radius 3 is 2.94 bits per heavy atom. The van der Waals surface area contributed by atoms with Gasteiger partial charge in [0.2, 0.25) is 5.76 Å². The van der Waals surface area contributed by atoms with E-state index in [-0.39, 0.29) is 23.2 Å². The number of rotatable bonds is 2. The summed E-state index contributed by atoms with van der Waals surface area (Å²) < 4.78 is 27.5. The van der Waals surface area contributed by atoms with Crippen LogP contribution in [0.2, 0.25) is 0 Å². The molecule has 2 heterocycles. The molecule has 1 unspecified atom stereocenters. The molecule has 1 aromatic rings. The molecule has 1 aromatic heterocycles. The van der Waals surface area contributed by atoms with Crippen LogP contribution in [0, 0.1) is 0 Å².